The zero-order valence-electron chi connectivity index (χ0n) is 18.5. The molecule has 0 unspecified atom stereocenters. The molecule has 0 radical (unpaired) electrons. The van der Waals surface area contributed by atoms with Crippen LogP contribution in [-0.2, 0) is 26.3 Å². The van der Waals surface area contributed by atoms with Gasteiger partial charge in [0.2, 0.25) is 17.7 Å². The fraction of sp³-hybridized carbons (Fsp3) is 0.375. The second-order valence-electron chi connectivity index (χ2n) is 8.45. The number of amides is 3. The first-order valence-corrected chi connectivity index (χ1v) is 10.7. The Bertz CT molecular complexity index is 1010. The summed E-state index contributed by atoms with van der Waals surface area (Å²) in [7, 11) is 5.34. The number of hydrogen-bond donors (Lipinski definition) is 0. The van der Waals surface area contributed by atoms with Crippen molar-refractivity contribution < 1.29 is 18.8 Å². The first kappa shape index (κ1) is 23.9. The normalized spacial score (nSPS) is 18.5. The van der Waals surface area contributed by atoms with Crippen LogP contribution in [0.1, 0.15) is 24.0 Å². The molecule has 2 aromatic rings. The number of carbonyl (C=O) groups is 3. The van der Waals surface area contributed by atoms with Crippen LogP contribution in [0, 0.1) is 5.82 Å². The van der Waals surface area contributed by atoms with Gasteiger partial charge in [-0.15, -0.1) is 0 Å². The minimum Gasteiger partial charge on any atom is -0.341 e. The summed E-state index contributed by atoms with van der Waals surface area (Å²) in [4.78, 5) is 44.2. The molecule has 1 atom stereocenters. The van der Waals surface area contributed by atoms with Crippen molar-refractivity contribution in [3.8, 4) is 0 Å². The molecular formula is C24H27ClFN3O3. The lowest BCUT2D eigenvalue weighted by atomic mass is 9.75. The van der Waals surface area contributed by atoms with Crippen LogP contribution >= 0.6 is 11.6 Å². The molecule has 0 spiro atoms. The third-order valence-corrected chi connectivity index (χ3v) is 6.11. The SMILES string of the molecule is CN(C)CCN1C(=O)C[C@](CC(=O)N(C)Cc2ccc(F)cc2)(c2ccccc2Cl)C1=O. The monoisotopic (exact) mass is 459 g/mol. The zero-order chi connectivity index (χ0) is 23.5. The van der Waals surface area contributed by atoms with Crippen molar-refractivity contribution in [3.63, 3.8) is 0 Å². The largest absolute Gasteiger partial charge is 0.341 e. The second-order valence-corrected chi connectivity index (χ2v) is 8.85. The van der Waals surface area contributed by atoms with Crippen LogP contribution in [0.3, 0.4) is 0 Å². The Morgan fingerprint density at radius 2 is 1.75 bits per heavy atom. The third kappa shape index (κ3) is 5.00. The number of benzene rings is 2. The number of likely N-dealkylation sites (N-methyl/N-ethyl adjacent to an activating group) is 1. The first-order chi connectivity index (χ1) is 15.1. The van der Waals surface area contributed by atoms with E-state index in [-0.39, 0.29) is 43.6 Å². The van der Waals surface area contributed by atoms with Crippen molar-refractivity contribution in [2.45, 2.75) is 24.8 Å². The van der Waals surface area contributed by atoms with Gasteiger partial charge in [-0.05, 0) is 43.4 Å². The van der Waals surface area contributed by atoms with Crippen LogP contribution in [0.15, 0.2) is 48.5 Å². The first-order valence-electron chi connectivity index (χ1n) is 10.4. The molecule has 8 heteroatoms. The average molecular weight is 460 g/mol. The Labute approximate surface area is 192 Å². The molecule has 0 bridgehead atoms. The number of likely N-dealkylation sites (tertiary alicyclic amines) is 1. The van der Waals surface area contributed by atoms with E-state index in [4.69, 9.17) is 11.6 Å². The van der Waals surface area contributed by atoms with Gasteiger partial charge in [0.25, 0.3) is 0 Å². The Morgan fingerprint density at radius 1 is 1.09 bits per heavy atom. The van der Waals surface area contributed by atoms with E-state index in [1.54, 1.807) is 43.4 Å². The molecule has 1 heterocycles. The summed E-state index contributed by atoms with van der Waals surface area (Å²) < 4.78 is 13.2. The van der Waals surface area contributed by atoms with E-state index in [1.807, 2.05) is 19.0 Å². The smallest absolute Gasteiger partial charge is 0.240 e. The number of rotatable bonds is 8. The zero-order valence-corrected chi connectivity index (χ0v) is 19.2. The highest BCUT2D eigenvalue weighted by Crippen LogP contribution is 2.43. The molecule has 170 valence electrons. The van der Waals surface area contributed by atoms with Crippen LogP contribution in [-0.4, -0.2) is 66.7 Å². The van der Waals surface area contributed by atoms with E-state index in [0.29, 0.717) is 17.1 Å². The maximum atomic E-state index is 13.6. The van der Waals surface area contributed by atoms with Gasteiger partial charge in [-0.25, -0.2) is 4.39 Å². The molecule has 3 rings (SSSR count). The molecule has 0 N–H and O–H groups in total. The van der Waals surface area contributed by atoms with Crippen LogP contribution in [0.2, 0.25) is 5.02 Å². The quantitative estimate of drug-likeness (QED) is 0.569. The number of nitrogens with zero attached hydrogens (tertiary/aromatic N) is 3. The van der Waals surface area contributed by atoms with E-state index in [2.05, 4.69) is 0 Å². The van der Waals surface area contributed by atoms with Gasteiger partial charge >= 0.3 is 0 Å². The highest BCUT2D eigenvalue weighted by Gasteiger charge is 2.54. The average Bonchev–Trinajstić information content (AvgIpc) is 2.98. The molecule has 0 aromatic heterocycles. The van der Waals surface area contributed by atoms with E-state index < -0.39 is 11.3 Å². The van der Waals surface area contributed by atoms with Crippen molar-refractivity contribution in [2.24, 2.45) is 0 Å². The standard InChI is InChI=1S/C24H27ClFN3O3/c1-27(2)12-13-29-22(31)15-24(23(29)32,19-6-4-5-7-20(19)25)14-21(30)28(3)16-17-8-10-18(26)11-9-17/h4-11H,12-16H2,1-3H3/t24-/m1/s1. The van der Waals surface area contributed by atoms with Gasteiger partial charge in [0.05, 0.1) is 5.41 Å². The van der Waals surface area contributed by atoms with Gasteiger partial charge in [-0.1, -0.05) is 41.9 Å². The third-order valence-electron chi connectivity index (χ3n) is 5.78. The van der Waals surface area contributed by atoms with Gasteiger partial charge in [0.1, 0.15) is 5.82 Å². The summed E-state index contributed by atoms with van der Waals surface area (Å²) in [5, 5.41) is 0.345. The van der Waals surface area contributed by atoms with Crippen molar-refractivity contribution >= 4 is 29.3 Å². The minimum absolute atomic E-state index is 0.112. The molecule has 0 saturated carbocycles. The Kier molecular flexibility index (Phi) is 7.31. The van der Waals surface area contributed by atoms with Crippen molar-refractivity contribution in [3.05, 3.63) is 70.5 Å². The maximum Gasteiger partial charge on any atom is 0.240 e. The molecular weight excluding hydrogens is 433 g/mol. The summed E-state index contributed by atoms with van der Waals surface area (Å²) in [6.45, 7) is 1.02. The predicted molar refractivity (Wildman–Crippen MR) is 121 cm³/mol. The molecule has 0 aliphatic carbocycles. The predicted octanol–water partition coefficient (Wildman–Crippen LogP) is 3.09. The van der Waals surface area contributed by atoms with Crippen LogP contribution in [0.5, 0.6) is 0 Å². The molecule has 1 fully saturated rings. The van der Waals surface area contributed by atoms with Crippen molar-refractivity contribution in [1.82, 2.24) is 14.7 Å². The number of hydrogen-bond acceptors (Lipinski definition) is 4. The summed E-state index contributed by atoms with van der Waals surface area (Å²) >= 11 is 6.44. The molecule has 1 aliphatic heterocycles. The van der Waals surface area contributed by atoms with Gasteiger partial charge in [-0.2, -0.15) is 0 Å². The molecule has 1 saturated heterocycles. The van der Waals surface area contributed by atoms with Gasteiger partial charge in [0.15, 0.2) is 0 Å². The molecule has 3 amide bonds. The summed E-state index contributed by atoms with van der Waals surface area (Å²) in [5.41, 5.74) is -0.109. The van der Waals surface area contributed by atoms with E-state index in [1.165, 1.54) is 21.9 Å². The molecule has 2 aromatic carbocycles. The van der Waals surface area contributed by atoms with Gasteiger partial charge in [0, 0.05) is 44.5 Å². The number of carbonyl (C=O) groups excluding carboxylic acids is 3. The Morgan fingerprint density at radius 3 is 2.38 bits per heavy atom. The fourth-order valence-electron chi connectivity index (χ4n) is 3.97. The second kappa shape index (κ2) is 9.79. The lowest BCUT2D eigenvalue weighted by molar-refractivity contribution is -0.142. The van der Waals surface area contributed by atoms with E-state index in [0.717, 1.165) is 5.56 Å². The Hall–Kier alpha value is -2.77. The topological polar surface area (TPSA) is 60.9 Å². The van der Waals surface area contributed by atoms with Crippen molar-refractivity contribution in [1.29, 1.82) is 0 Å². The Balaban J connectivity index is 1.89. The number of halogens is 2. The molecule has 6 nitrogen and oxygen atoms in total. The van der Waals surface area contributed by atoms with Crippen molar-refractivity contribution in [2.75, 3.05) is 34.2 Å². The highest BCUT2D eigenvalue weighted by atomic mass is 35.5. The highest BCUT2D eigenvalue weighted by molar-refractivity contribution is 6.32. The van der Waals surface area contributed by atoms with E-state index in [9.17, 15) is 18.8 Å². The van der Waals surface area contributed by atoms with Crippen LogP contribution in [0.4, 0.5) is 4.39 Å². The molecule has 32 heavy (non-hydrogen) atoms. The summed E-state index contributed by atoms with van der Waals surface area (Å²) in [5.74, 6) is -1.37. The summed E-state index contributed by atoms with van der Waals surface area (Å²) in [6, 6.07) is 12.7. The number of imide groups is 1. The van der Waals surface area contributed by atoms with Gasteiger partial charge in [-0.3, -0.25) is 19.3 Å². The van der Waals surface area contributed by atoms with Gasteiger partial charge < -0.3 is 9.80 Å². The maximum absolute atomic E-state index is 13.6. The lowest BCUT2D eigenvalue weighted by Crippen LogP contribution is -2.44. The van der Waals surface area contributed by atoms with Crippen LogP contribution in [0.25, 0.3) is 0 Å². The minimum atomic E-state index is -1.35. The van der Waals surface area contributed by atoms with Crippen LogP contribution < -0.4 is 0 Å². The fourth-order valence-corrected chi connectivity index (χ4v) is 4.28. The lowest BCUT2D eigenvalue weighted by Gasteiger charge is -2.30. The molecule has 1 aliphatic rings. The van der Waals surface area contributed by atoms with E-state index >= 15 is 0 Å². The summed E-state index contributed by atoms with van der Waals surface area (Å²) in [6.07, 6.45) is -0.295.